The Morgan fingerprint density at radius 3 is 2.85 bits per heavy atom. The van der Waals surface area contributed by atoms with Crippen molar-refractivity contribution >= 4 is 0 Å². The molecule has 1 atom stereocenters. The molecule has 1 N–H and O–H groups in total. The molecule has 1 aromatic rings. The van der Waals surface area contributed by atoms with Gasteiger partial charge in [0.1, 0.15) is 0 Å². The van der Waals surface area contributed by atoms with Gasteiger partial charge in [0.15, 0.2) is 5.82 Å². The van der Waals surface area contributed by atoms with Gasteiger partial charge >= 0.3 is 0 Å². The van der Waals surface area contributed by atoms with Gasteiger partial charge in [-0.05, 0) is 24.5 Å². The molecule has 0 saturated carbocycles. The highest BCUT2D eigenvalue weighted by Gasteiger charge is 2.03. The van der Waals surface area contributed by atoms with Crippen molar-refractivity contribution in [3.8, 4) is 0 Å². The molecule has 5 heteroatoms. The predicted octanol–water partition coefficient (Wildman–Crippen LogP) is 0.304. The van der Waals surface area contributed by atoms with Crippen molar-refractivity contribution in [3.63, 3.8) is 0 Å². The van der Waals surface area contributed by atoms with Crippen LogP contribution in [0.4, 0.5) is 0 Å². The summed E-state index contributed by atoms with van der Waals surface area (Å²) in [5.41, 5.74) is 0. The number of aryl methyl sites for hydroxylation is 2. The highest BCUT2D eigenvalue weighted by molar-refractivity contribution is 4.76. The van der Waals surface area contributed by atoms with Crippen molar-refractivity contribution in [2.75, 3.05) is 0 Å². The van der Waals surface area contributed by atoms with Gasteiger partial charge in [0.25, 0.3) is 0 Å². The molecule has 1 heterocycles. The maximum Gasteiger partial charge on any atom is 0.174 e. The summed E-state index contributed by atoms with van der Waals surface area (Å²) in [5, 5.41) is 20.9. The summed E-state index contributed by atoms with van der Waals surface area (Å²) < 4.78 is 0. The van der Waals surface area contributed by atoms with Crippen LogP contribution in [0.25, 0.3) is 0 Å². The topological polar surface area (TPSA) is 63.8 Å². The van der Waals surface area contributed by atoms with Crippen molar-refractivity contribution < 1.29 is 5.11 Å². The molecule has 0 bridgehead atoms. The highest BCUT2D eigenvalue weighted by atomic mass is 16.3. The van der Waals surface area contributed by atoms with Gasteiger partial charge in [-0.1, -0.05) is 6.92 Å². The van der Waals surface area contributed by atoms with E-state index >= 15 is 0 Å². The Hall–Kier alpha value is -0.970. The number of tetrazole rings is 1. The normalized spacial score (nSPS) is 13.2. The molecule has 1 unspecified atom stereocenters. The van der Waals surface area contributed by atoms with Crippen LogP contribution in [0.15, 0.2) is 0 Å². The predicted molar refractivity (Wildman–Crippen MR) is 48.0 cm³/mol. The zero-order chi connectivity index (χ0) is 9.68. The Bertz CT molecular complexity index is 248. The summed E-state index contributed by atoms with van der Waals surface area (Å²) in [4.78, 5) is 1.45. The first-order valence-corrected chi connectivity index (χ1v) is 4.63. The van der Waals surface area contributed by atoms with Crippen LogP contribution in [-0.4, -0.2) is 31.4 Å². The van der Waals surface area contributed by atoms with E-state index in [9.17, 15) is 5.11 Å². The zero-order valence-electron chi connectivity index (χ0n) is 8.14. The number of hydrogen-bond acceptors (Lipinski definition) is 4. The summed E-state index contributed by atoms with van der Waals surface area (Å²) in [7, 11) is 1.75. The van der Waals surface area contributed by atoms with E-state index in [1.165, 1.54) is 4.80 Å². The molecule has 74 valence electrons. The largest absolute Gasteiger partial charge is 0.393 e. The monoisotopic (exact) mass is 184 g/mol. The molecule has 0 amide bonds. The molecule has 1 aromatic heterocycles. The quantitative estimate of drug-likeness (QED) is 0.715. The number of nitrogens with zero attached hydrogens (tertiary/aromatic N) is 4. The zero-order valence-corrected chi connectivity index (χ0v) is 8.14. The van der Waals surface area contributed by atoms with Crippen molar-refractivity contribution in [2.24, 2.45) is 7.05 Å². The lowest BCUT2D eigenvalue weighted by atomic mass is 10.1. The minimum atomic E-state index is -0.184. The minimum absolute atomic E-state index is 0.184. The summed E-state index contributed by atoms with van der Waals surface area (Å²) >= 11 is 0. The molecule has 0 spiro atoms. The second-order valence-corrected chi connectivity index (χ2v) is 3.15. The Kier molecular flexibility index (Phi) is 3.82. The van der Waals surface area contributed by atoms with Crippen LogP contribution in [0, 0.1) is 0 Å². The Labute approximate surface area is 77.8 Å². The summed E-state index contributed by atoms with van der Waals surface area (Å²) in [6, 6.07) is 0. The molecule has 0 aliphatic rings. The van der Waals surface area contributed by atoms with E-state index in [1.54, 1.807) is 7.05 Å². The van der Waals surface area contributed by atoms with Gasteiger partial charge in [-0.2, -0.15) is 4.80 Å². The molecule has 0 radical (unpaired) electrons. The van der Waals surface area contributed by atoms with Crippen LogP contribution in [0.1, 0.15) is 32.0 Å². The van der Waals surface area contributed by atoms with E-state index in [0.29, 0.717) is 0 Å². The highest BCUT2D eigenvalue weighted by Crippen LogP contribution is 2.03. The number of hydrogen-bond donors (Lipinski definition) is 1. The number of aliphatic hydroxyl groups excluding tert-OH is 1. The van der Waals surface area contributed by atoms with Gasteiger partial charge < -0.3 is 5.11 Å². The fourth-order valence-corrected chi connectivity index (χ4v) is 1.12. The second-order valence-electron chi connectivity index (χ2n) is 3.15. The molecule has 13 heavy (non-hydrogen) atoms. The molecule has 5 nitrogen and oxygen atoms in total. The summed E-state index contributed by atoms with van der Waals surface area (Å²) in [6.45, 7) is 1.98. The van der Waals surface area contributed by atoms with Crippen LogP contribution in [0.2, 0.25) is 0 Å². The number of aromatic nitrogens is 4. The van der Waals surface area contributed by atoms with E-state index < -0.39 is 0 Å². The SMILES string of the molecule is CCC(O)CCCc1nnn(C)n1. The standard InChI is InChI=1S/C8H16N4O/c1-3-7(13)5-4-6-8-9-11-12(2)10-8/h7,13H,3-6H2,1-2H3. The number of rotatable bonds is 5. The third-order valence-electron chi connectivity index (χ3n) is 1.96. The molecule has 0 saturated heterocycles. The van der Waals surface area contributed by atoms with Crippen molar-refractivity contribution in [2.45, 2.75) is 38.7 Å². The Morgan fingerprint density at radius 1 is 1.54 bits per heavy atom. The summed E-state index contributed by atoms with van der Waals surface area (Å²) in [5.74, 6) is 0.755. The third-order valence-corrected chi connectivity index (χ3v) is 1.96. The third kappa shape index (κ3) is 3.50. The van der Waals surface area contributed by atoms with Gasteiger partial charge in [-0.15, -0.1) is 10.2 Å². The fourth-order valence-electron chi connectivity index (χ4n) is 1.12. The Morgan fingerprint density at radius 2 is 2.31 bits per heavy atom. The van der Waals surface area contributed by atoms with E-state index in [0.717, 1.165) is 31.5 Å². The molecule has 0 aromatic carbocycles. The van der Waals surface area contributed by atoms with Crippen LogP contribution in [0.5, 0.6) is 0 Å². The van der Waals surface area contributed by atoms with Gasteiger partial charge in [-0.25, -0.2) is 0 Å². The first-order valence-electron chi connectivity index (χ1n) is 4.63. The van der Waals surface area contributed by atoms with Crippen molar-refractivity contribution in [1.82, 2.24) is 20.2 Å². The van der Waals surface area contributed by atoms with E-state index in [1.807, 2.05) is 6.92 Å². The lowest BCUT2D eigenvalue weighted by molar-refractivity contribution is 0.157. The average molecular weight is 184 g/mol. The fraction of sp³-hybridized carbons (Fsp3) is 0.875. The lowest BCUT2D eigenvalue weighted by Crippen LogP contribution is -2.04. The molecular weight excluding hydrogens is 168 g/mol. The molecule has 0 fully saturated rings. The summed E-state index contributed by atoms with van der Waals surface area (Å²) in [6.07, 6.45) is 3.16. The molecule has 0 aliphatic heterocycles. The smallest absolute Gasteiger partial charge is 0.174 e. The maximum absolute atomic E-state index is 9.28. The first-order chi connectivity index (χ1) is 6.22. The van der Waals surface area contributed by atoms with Gasteiger partial charge in [0.05, 0.1) is 13.2 Å². The van der Waals surface area contributed by atoms with Gasteiger partial charge in [-0.3, -0.25) is 0 Å². The Balaban J connectivity index is 2.20. The van der Waals surface area contributed by atoms with E-state index in [2.05, 4.69) is 15.4 Å². The van der Waals surface area contributed by atoms with Crippen molar-refractivity contribution in [1.29, 1.82) is 0 Å². The van der Waals surface area contributed by atoms with E-state index in [-0.39, 0.29) is 6.10 Å². The minimum Gasteiger partial charge on any atom is -0.393 e. The van der Waals surface area contributed by atoms with E-state index in [4.69, 9.17) is 0 Å². The van der Waals surface area contributed by atoms with Crippen LogP contribution in [0.3, 0.4) is 0 Å². The van der Waals surface area contributed by atoms with Crippen LogP contribution in [-0.2, 0) is 13.5 Å². The molecule has 0 aliphatic carbocycles. The van der Waals surface area contributed by atoms with Gasteiger partial charge in [0.2, 0.25) is 0 Å². The maximum atomic E-state index is 9.28. The van der Waals surface area contributed by atoms with Crippen molar-refractivity contribution in [3.05, 3.63) is 5.82 Å². The van der Waals surface area contributed by atoms with Crippen LogP contribution < -0.4 is 0 Å². The number of aliphatic hydroxyl groups is 1. The second kappa shape index (κ2) is 4.91. The van der Waals surface area contributed by atoms with Crippen LogP contribution >= 0.6 is 0 Å². The van der Waals surface area contributed by atoms with Gasteiger partial charge in [0, 0.05) is 6.42 Å². The molecule has 1 rings (SSSR count). The average Bonchev–Trinajstić information content (AvgIpc) is 2.51. The lowest BCUT2D eigenvalue weighted by Gasteiger charge is -2.04. The molecular formula is C8H16N4O. The first kappa shape index (κ1) is 10.1.